The van der Waals surface area contributed by atoms with Crippen LogP contribution in [0.4, 0.5) is 10.5 Å². The number of nitrogen functional groups attached to an aromatic ring is 1. The second-order valence-corrected chi connectivity index (χ2v) is 7.87. The fourth-order valence-electron chi connectivity index (χ4n) is 2.46. The van der Waals surface area contributed by atoms with Crippen LogP contribution in [0.2, 0.25) is 0 Å². The van der Waals surface area contributed by atoms with Crippen molar-refractivity contribution in [3.05, 3.63) is 35.6 Å². The average Bonchev–Trinajstić information content (AvgIpc) is 3.00. The first-order valence-electron chi connectivity index (χ1n) is 8.32. The fraction of sp³-hybridized carbons (Fsp3) is 0.389. The van der Waals surface area contributed by atoms with Crippen LogP contribution in [0, 0.1) is 0 Å². The van der Waals surface area contributed by atoms with Crippen molar-refractivity contribution in [2.24, 2.45) is 0 Å². The molecule has 0 aromatic carbocycles. The van der Waals surface area contributed by atoms with Gasteiger partial charge in [-0.1, -0.05) is 6.08 Å². The molecule has 2 N–H and O–H groups in total. The number of hydrogen-bond acceptors (Lipinski definition) is 8. The molecular weight excluding hydrogens is 352 g/mol. The zero-order chi connectivity index (χ0) is 18.7. The van der Waals surface area contributed by atoms with Gasteiger partial charge in [0, 0.05) is 17.6 Å². The van der Waals surface area contributed by atoms with Gasteiger partial charge >= 0.3 is 6.16 Å². The largest absolute Gasteiger partial charge is 0.528 e. The van der Waals surface area contributed by atoms with E-state index in [1.165, 1.54) is 0 Å². The van der Waals surface area contributed by atoms with Gasteiger partial charge < -0.3 is 15.3 Å². The molecule has 138 valence electrons. The first-order chi connectivity index (χ1) is 12.3. The Morgan fingerprint density at radius 1 is 1.31 bits per heavy atom. The van der Waals surface area contributed by atoms with Crippen molar-refractivity contribution in [1.82, 2.24) is 15.0 Å². The molecule has 8 heteroatoms. The maximum atomic E-state index is 11.7. The lowest BCUT2D eigenvalue weighted by atomic mass is 10.1. The molecule has 26 heavy (non-hydrogen) atoms. The Morgan fingerprint density at radius 2 is 2.08 bits per heavy atom. The fourth-order valence-corrected chi connectivity index (χ4v) is 3.22. The van der Waals surface area contributed by atoms with E-state index in [1.807, 2.05) is 17.5 Å². The van der Waals surface area contributed by atoms with Crippen LogP contribution in [-0.4, -0.2) is 39.9 Å². The Labute approximate surface area is 156 Å². The van der Waals surface area contributed by atoms with Crippen LogP contribution in [0.3, 0.4) is 0 Å². The van der Waals surface area contributed by atoms with Gasteiger partial charge in [-0.2, -0.15) is 0 Å². The second kappa shape index (κ2) is 7.43. The molecule has 0 saturated carbocycles. The van der Waals surface area contributed by atoms with E-state index < -0.39 is 11.8 Å². The molecule has 0 spiro atoms. The van der Waals surface area contributed by atoms with Crippen LogP contribution in [0.15, 0.2) is 29.9 Å². The van der Waals surface area contributed by atoms with Crippen LogP contribution in [0.1, 0.15) is 32.9 Å². The number of carbonyl (C=O) groups excluding carboxylic acids is 1. The molecule has 0 atom stereocenters. The van der Waals surface area contributed by atoms with E-state index in [0.29, 0.717) is 19.5 Å². The molecule has 0 amide bonds. The average molecular weight is 374 g/mol. The number of hydroxylamine groups is 2. The van der Waals surface area contributed by atoms with Crippen molar-refractivity contribution in [3.8, 4) is 10.6 Å². The minimum Gasteiger partial charge on any atom is -0.427 e. The summed E-state index contributed by atoms with van der Waals surface area (Å²) in [6, 6.07) is 1.89. The number of aromatic nitrogens is 2. The summed E-state index contributed by atoms with van der Waals surface area (Å²) in [6.07, 6.45) is 5.48. The monoisotopic (exact) mass is 374 g/mol. The number of thiophene rings is 1. The van der Waals surface area contributed by atoms with E-state index >= 15 is 0 Å². The number of nitrogens with zero attached hydrogens (tertiary/aromatic N) is 3. The molecule has 0 aliphatic carbocycles. The summed E-state index contributed by atoms with van der Waals surface area (Å²) in [5.74, 6) is 0. The normalized spacial score (nSPS) is 15.4. The smallest absolute Gasteiger partial charge is 0.427 e. The Balaban J connectivity index is 1.65. The quantitative estimate of drug-likeness (QED) is 0.818. The number of anilines is 1. The molecule has 7 nitrogen and oxygen atoms in total. The summed E-state index contributed by atoms with van der Waals surface area (Å²) in [5, 5.41) is 3.46. The lowest BCUT2D eigenvalue weighted by molar-refractivity contribution is -0.137. The molecule has 2 aromatic rings. The molecule has 0 bridgehead atoms. The van der Waals surface area contributed by atoms with Crippen LogP contribution < -0.4 is 5.73 Å². The minimum atomic E-state index is -0.688. The maximum Gasteiger partial charge on any atom is 0.528 e. The highest BCUT2D eigenvalue weighted by atomic mass is 32.1. The van der Waals surface area contributed by atoms with Gasteiger partial charge in [0.15, 0.2) is 0 Å². The van der Waals surface area contributed by atoms with Gasteiger partial charge in [-0.25, -0.2) is 9.78 Å². The zero-order valence-corrected chi connectivity index (χ0v) is 15.9. The summed E-state index contributed by atoms with van der Waals surface area (Å²) < 4.78 is 5.16. The third-order valence-electron chi connectivity index (χ3n) is 3.60. The highest BCUT2D eigenvalue weighted by Gasteiger charge is 2.22. The summed E-state index contributed by atoms with van der Waals surface area (Å²) >= 11 is 1.54. The Kier molecular flexibility index (Phi) is 5.24. The summed E-state index contributed by atoms with van der Waals surface area (Å²) in [5.41, 5.74) is 8.64. The molecule has 2 aromatic heterocycles. The third kappa shape index (κ3) is 4.80. The van der Waals surface area contributed by atoms with Gasteiger partial charge in [0.25, 0.3) is 0 Å². The SMILES string of the molecule is CC(C)(C)OC(=O)ON1CC=C(c2cncc(-c3cc(N)cs3)n2)CC1. The van der Waals surface area contributed by atoms with Crippen LogP contribution in [0.25, 0.3) is 16.1 Å². The van der Waals surface area contributed by atoms with Crippen molar-refractivity contribution < 1.29 is 14.4 Å². The van der Waals surface area contributed by atoms with Gasteiger partial charge in [-0.05, 0) is 38.8 Å². The Morgan fingerprint density at radius 3 is 2.69 bits per heavy atom. The predicted octanol–water partition coefficient (Wildman–Crippen LogP) is 3.74. The number of ether oxygens (including phenoxy) is 1. The van der Waals surface area contributed by atoms with Crippen molar-refractivity contribution in [2.75, 3.05) is 18.8 Å². The number of hydrogen-bond donors (Lipinski definition) is 1. The minimum absolute atomic E-state index is 0.479. The topological polar surface area (TPSA) is 90.6 Å². The van der Waals surface area contributed by atoms with Crippen molar-refractivity contribution in [2.45, 2.75) is 32.8 Å². The highest BCUT2D eigenvalue weighted by Crippen LogP contribution is 2.28. The van der Waals surface area contributed by atoms with Gasteiger partial charge in [0.1, 0.15) is 5.60 Å². The molecular formula is C18H22N4O3S. The van der Waals surface area contributed by atoms with Gasteiger partial charge in [0.2, 0.25) is 0 Å². The van der Waals surface area contributed by atoms with Crippen LogP contribution in [0.5, 0.6) is 0 Å². The molecule has 0 radical (unpaired) electrons. The van der Waals surface area contributed by atoms with E-state index in [9.17, 15) is 4.79 Å². The standard InChI is InChI=1S/C18H22N4O3S/c1-18(2,3)24-17(23)25-22-6-4-12(5-7-22)14-9-20-10-15(21-14)16-8-13(19)11-26-16/h4,8-11H,5-7,19H2,1-3H3. The van der Waals surface area contributed by atoms with Gasteiger partial charge in [-0.15, -0.1) is 16.4 Å². The second-order valence-electron chi connectivity index (χ2n) is 6.96. The highest BCUT2D eigenvalue weighted by molar-refractivity contribution is 7.14. The Hall–Kier alpha value is -2.45. The van der Waals surface area contributed by atoms with E-state index in [-0.39, 0.29) is 0 Å². The Bertz CT molecular complexity index is 826. The van der Waals surface area contributed by atoms with Gasteiger partial charge in [0.05, 0.1) is 35.2 Å². The molecule has 1 aliphatic rings. The summed E-state index contributed by atoms with van der Waals surface area (Å²) in [7, 11) is 0. The van der Waals surface area contributed by atoms with Crippen LogP contribution in [-0.2, 0) is 9.57 Å². The van der Waals surface area contributed by atoms with Gasteiger partial charge in [-0.3, -0.25) is 4.98 Å². The molecule has 3 rings (SSSR count). The van der Waals surface area contributed by atoms with Crippen molar-refractivity contribution in [3.63, 3.8) is 0 Å². The molecule has 0 fully saturated rings. The number of nitrogens with two attached hydrogens (primary N) is 1. The third-order valence-corrected chi connectivity index (χ3v) is 4.57. The molecule has 1 aliphatic heterocycles. The molecule has 0 saturated heterocycles. The van der Waals surface area contributed by atoms with Crippen LogP contribution >= 0.6 is 11.3 Å². The van der Waals surface area contributed by atoms with E-state index in [0.717, 1.165) is 27.5 Å². The van der Waals surface area contributed by atoms with Crippen molar-refractivity contribution in [1.29, 1.82) is 0 Å². The first kappa shape index (κ1) is 18.3. The van der Waals surface area contributed by atoms with E-state index in [1.54, 1.807) is 49.6 Å². The predicted molar refractivity (Wildman–Crippen MR) is 101 cm³/mol. The lowest BCUT2D eigenvalue weighted by Gasteiger charge is -2.26. The lowest BCUT2D eigenvalue weighted by Crippen LogP contribution is -2.34. The van der Waals surface area contributed by atoms with Crippen molar-refractivity contribution >= 4 is 28.8 Å². The zero-order valence-electron chi connectivity index (χ0n) is 15.1. The molecule has 3 heterocycles. The summed E-state index contributed by atoms with van der Waals surface area (Å²) in [4.78, 5) is 26.9. The first-order valence-corrected chi connectivity index (χ1v) is 9.20. The number of carbonyl (C=O) groups is 1. The van der Waals surface area contributed by atoms with E-state index in [2.05, 4.69) is 9.97 Å². The molecule has 0 unspecified atom stereocenters. The summed E-state index contributed by atoms with van der Waals surface area (Å²) in [6.45, 7) is 6.45. The number of rotatable bonds is 3. The van der Waals surface area contributed by atoms with E-state index in [4.69, 9.17) is 15.3 Å². The maximum absolute atomic E-state index is 11.7.